The average molecular weight is 844 g/mol. The maximum absolute atomic E-state index is 14.5. The van der Waals surface area contributed by atoms with Crippen molar-refractivity contribution in [2.45, 2.75) is 123 Å². The number of carboxylic acid groups (broad SMARTS) is 1. The minimum Gasteiger partial charge on any atom is -0.480 e. The summed E-state index contributed by atoms with van der Waals surface area (Å²) in [5.41, 5.74) is 0.786. The number of nitrogens with zero attached hydrogens (tertiary/aromatic N) is 4. The zero-order valence-electron chi connectivity index (χ0n) is 38.3. The fourth-order valence-electron chi connectivity index (χ4n) is 9.02. The van der Waals surface area contributed by atoms with Gasteiger partial charge < -0.3 is 40.3 Å². The Morgan fingerprint density at radius 2 is 1.55 bits per heavy atom. The van der Waals surface area contributed by atoms with Crippen molar-refractivity contribution >= 4 is 29.6 Å². The number of methoxy groups -OCH3 is 2. The SMILES string of the molecule is CC[C@H](C)C([C@@H](CC(=O)N1CCC[C@H]1[C@H](OC)[C@@H](C)C(=O)N[C@@H](Cc1ccccc1)C(=O)O)OC)N(C)C(=O)[C@@H](NC(=O)C(C(C)C)N(C)CCN1CCNCC1)C(C)C. The van der Waals surface area contributed by atoms with E-state index in [0.717, 1.165) is 44.8 Å². The van der Waals surface area contributed by atoms with Gasteiger partial charge in [-0.2, -0.15) is 0 Å². The third-order valence-corrected chi connectivity index (χ3v) is 12.7. The highest BCUT2D eigenvalue weighted by Crippen LogP contribution is 2.30. The molecule has 15 heteroatoms. The first kappa shape index (κ1) is 50.7. The lowest BCUT2D eigenvalue weighted by atomic mass is 9.89. The molecule has 340 valence electrons. The van der Waals surface area contributed by atoms with Gasteiger partial charge in [0.1, 0.15) is 12.1 Å². The van der Waals surface area contributed by atoms with Crippen LogP contribution in [-0.4, -0.2) is 171 Å². The van der Waals surface area contributed by atoms with Gasteiger partial charge in [-0.15, -0.1) is 0 Å². The quantitative estimate of drug-likeness (QED) is 0.121. The van der Waals surface area contributed by atoms with Gasteiger partial charge >= 0.3 is 5.97 Å². The Hall–Kier alpha value is -3.63. The van der Waals surface area contributed by atoms with E-state index in [1.165, 1.54) is 7.11 Å². The van der Waals surface area contributed by atoms with E-state index >= 15 is 0 Å². The highest BCUT2D eigenvalue weighted by molar-refractivity contribution is 5.90. The summed E-state index contributed by atoms with van der Waals surface area (Å²) in [5.74, 6) is -3.21. The molecule has 2 unspecified atom stereocenters. The van der Waals surface area contributed by atoms with E-state index in [1.54, 1.807) is 30.9 Å². The van der Waals surface area contributed by atoms with Crippen molar-refractivity contribution in [1.82, 2.24) is 35.6 Å². The van der Waals surface area contributed by atoms with Crippen molar-refractivity contribution in [3.63, 3.8) is 0 Å². The number of rotatable bonds is 24. The molecule has 1 aromatic rings. The number of amides is 4. The van der Waals surface area contributed by atoms with Crippen molar-refractivity contribution in [2.75, 3.05) is 74.1 Å². The molecule has 0 radical (unpaired) electrons. The second kappa shape index (κ2) is 24.7. The van der Waals surface area contributed by atoms with E-state index in [0.29, 0.717) is 25.8 Å². The molecule has 2 heterocycles. The highest BCUT2D eigenvalue weighted by atomic mass is 16.5. The van der Waals surface area contributed by atoms with E-state index in [9.17, 15) is 29.1 Å². The van der Waals surface area contributed by atoms with Crippen LogP contribution in [0, 0.1) is 23.7 Å². The van der Waals surface area contributed by atoms with Gasteiger partial charge in [0.2, 0.25) is 23.6 Å². The molecular formula is C45H77N7O8. The Balaban J connectivity index is 1.75. The summed E-state index contributed by atoms with van der Waals surface area (Å²) >= 11 is 0. The summed E-state index contributed by atoms with van der Waals surface area (Å²) in [6, 6.07) is 5.86. The van der Waals surface area contributed by atoms with E-state index in [4.69, 9.17) is 9.47 Å². The number of aliphatic carboxylic acids is 1. The first-order chi connectivity index (χ1) is 28.5. The van der Waals surface area contributed by atoms with Crippen LogP contribution in [0.4, 0.5) is 0 Å². The van der Waals surface area contributed by atoms with Crippen molar-refractivity contribution < 1.29 is 38.6 Å². The van der Waals surface area contributed by atoms with Gasteiger partial charge in [0.05, 0.1) is 42.7 Å². The molecule has 2 saturated heterocycles. The highest BCUT2D eigenvalue weighted by Gasteiger charge is 2.43. The summed E-state index contributed by atoms with van der Waals surface area (Å²) in [6.45, 7) is 19.6. The topological polar surface area (TPSA) is 173 Å². The van der Waals surface area contributed by atoms with Crippen LogP contribution < -0.4 is 16.0 Å². The number of carbonyl (C=O) groups is 5. The van der Waals surface area contributed by atoms with Gasteiger partial charge in [0, 0.05) is 73.5 Å². The summed E-state index contributed by atoms with van der Waals surface area (Å²) < 4.78 is 12.0. The maximum atomic E-state index is 14.5. The fourth-order valence-corrected chi connectivity index (χ4v) is 9.02. The van der Waals surface area contributed by atoms with Crippen molar-refractivity contribution in [3.8, 4) is 0 Å². The molecule has 4 amide bonds. The van der Waals surface area contributed by atoms with Crippen LogP contribution >= 0.6 is 0 Å². The third-order valence-electron chi connectivity index (χ3n) is 12.7. The number of ether oxygens (including phenoxy) is 2. The first-order valence-corrected chi connectivity index (χ1v) is 22.1. The van der Waals surface area contributed by atoms with Crippen molar-refractivity contribution in [2.24, 2.45) is 23.7 Å². The predicted octanol–water partition coefficient (Wildman–Crippen LogP) is 2.72. The summed E-state index contributed by atoms with van der Waals surface area (Å²) in [7, 11) is 6.77. The average Bonchev–Trinajstić information content (AvgIpc) is 3.71. The predicted molar refractivity (Wildman–Crippen MR) is 233 cm³/mol. The molecule has 9 atom stereocenters. The van der Waals surface area contributed by atoms with Gasteiger partial charge in [-0.3, -0.25) is 29.0 Å². The molecule has 0 aromatic heterocycles. The second-order valence-electron chi connectivity index (χ2n) is 17.7. The molecule has 2 aliphatic rings. The number of likely N-dealkylation sites (N-methyl/N-ethyl adjacent to an activating group) is 2. The Labute approximate surface area is 359 Å². The lowest BCUT2D eigenvalue weighted by Gasteiger charge is -2.41. The van der Waals surface area contributed by atoms with E-state index in [-0.39, 0.29) is 48.3 Å². The van der Waals surface area contributed by atoms with Crippen molar-refractivity contribution in [3.05, 3.63) is 35.9 Å². The Kier molecular flexibility index (Phi) is 20.9. The van der Waals surface area contributed by atoms with Crippen LogP contribution in [0.1, 0.15) is 79.7 Å². The lowest BCUT2D eigenvalue weighted by Crippen LogP contribution is -2.60. The number of piperazine rings is 1. The van der Waals surface area contributed by atoms with Gasteiger partial charge in [-0.05, 0) is 43.2 Å². The second-order valence-corrected chi connectivity index (χ2v) is 17.7. The van der Waals surface area contributed by atoms with Gasteiger partial charge in [0.15, 0.2) is 0 Å². The van der Waals surface area contributed by atoms with E-state index in [1.807, 2.05) is 78.9 Å². The standard InChI is InChI=1S/C45H77N7O8/c1-12-31(6)40(50(9)44(56)38(29(2)3)48-43(55)39(30(4)5)49(8)25-26-51-23-20-46-21-24-51)36(59-10)28-37(53)52-22-16-19-35(52)41(60-11)32(7)42(54)47-34(45(57)58)27-33-17-14-13-15-18-33/h13-15,17-18,29-32,34-36,38-41,46H,12,16,19-28H2,1-11H3,(H,47,54)(H,48,55)(H,57,58)/t31-,32+,34-,35-,36+,38-,39?,40?,41+/m0/s1. The number of likely N-dealkylation sites (tertiary alicyclic amines) is 1. The Morgan fingerprint density at radius 3 is 2.10 bits per heavy atom. The smallest absolute Gasteiger partial charge is 0.326 e. The zero-order valence-corrected chi connectivity index (χ0v) is 38.3. The number of carboxylic acids is 1. The minimum atomic E-state index is -1.14. The Bertz CT molecular complexity index is 1510. The molecule has 0 aliphatic carbocycles. The molecule has 0 spiro atoms. The van der Waals surface area contributed by atoms with Crippen LogP contribution in [0.5, 0.6) is 0 Å². The molecule has 2 fully saturated rings. The molecule has 1 aromatic carbocycles. The number of benzene rings is 1. The molecule has 15 nitrogen and oxygen atoms in total. The molecule has 3 rings (SSSR count). The molecular weight excluding hydrogens is 767 g/mol. The first-order valence-electron chi connectivity index (χ1n) is 22.1. The van der Waals surface area contributed by atoms with E-state index < -0.39 is 60.2 Å². The lowest BCUT2D eigenvalue weighted by molar-refractivity contribution is -0.148. The number of hydrogen-bond donors (Lipinski definition) is 4. The van der Waals surface area contributed by atoms with Crippen LogP contribution in [-0.2, 0) is 39.9 Å². The minimum absolute atomic E-state index is 0.0131. The van der Waals surface area contributed by atoms with Crippen LogP contribution in [0.25, 0.3) is 0 Å². The zero-order chi connectivity index (χ0) is 44.7. The van der Waals surface area contributed by atoms with Gasteiger partial charge in [-0.1, -0.05) is 85.2 Å². The van der Waals surface area contributed by atoms with Crippen LogP contribution in [0.2, 0.25) is 0 Å². The number of nitrogens with one attached hydrogen (secondary N) is 3. The van der Waals surface area contributed by atoms with Crippen LogP contribution in [0.3, 0.4) is 0 Å². The van der Waals surface area contributed by atoms with E-state index in [2.05, 4.69) is 25.8 Å². The fraction of sp³-hybridized carbons (Fsp3) is 0.756. The maximum Gasteiger partial charge on any atom is 0.326 e. The molecule has 60 heavy (non-hydrogen) atoms. The summed E-state index contributed by atoms with van der Waals surface area (Å²) in [6.07, 6.45) is 0.794. The Morgan fingerprint density at radius 1 is 0.900 bits per heavy atom. The van der Waals surface area contributed by atoms with Gasteiger partial charge in [0.25, 0.3) is 0 Å². The molecule has 0 bridgehead atoms. The normalized spacial score (nSPS) is 20.2. The van der Waals surface area contributed by atoms with Crippen molar-refractivity contribution in [1.29, 1.82) is 0 Å². The summed E-state index contributed by atoms with van der Waals surface area (Å²) in [5, 5.41) is 19.1. The number of hydrogen-bond acceptors (Lipinski definition) is 10. The molecule has 2 aliphatic heterocycles. The van der Waals surface area contributed by atoms with Gasteiger partial charge in [-0.25, -0.2) is 4.79 Å². The molecule has 4 N–H and O–H groups in total. The summed E-state index contributed by atoms with van der Waals surface area (Å²) in [4.78, 5) is 76.5. The third kappa shape index (κ3) is 13.9. The number of carbonyl (C=O) groups excluding carboxylic acids is 4. The van der Waals surface area contributed by atoms with Crippen LogP contribution in [0.15, 0.2) is 30.3 Å². The largest absolute Gasteiger partial charge is 0.480 e. The monoisotopic (exact) mass is 844 g/mol. The molecule has 0 saturated carbocycles.